The number of nitrogens with zero attached hydrogens (tertiary/aromatic N) is 2. The van der Waals surface area contributed by atoms with Gasteiger partial charge in [-0.05, 0) is 43.0 Å². The summed E-state index contributed by atoms with van der Waals surface area (Å²) in [6.07, 6.45) is 1.81. The van der Waals surface area contributed by atoms with Crippen LogP contribution in [0.4, 0.5) is 11.4 Å². The quantitative estimate of drug-likeness (QED) is 0.599. The van der Waals surface area contributed by atoms with Gasteiger partial charge in [0.05, 0.1) is 11.5 Å². The number of ether oxygens (including phenoxy) is 2. The number of piperidine rings is 1. The molecule has 0 unspecified atom stereocenters. The highest BCUT2D eigenvalue weighted by Crippen LogP contribution is 2.33. The van der Waals surface area contributed by atoms with Crippen LogP contribution in [-0.4, -0.2) is 43.2 Å². The van der Waals surface area contributed by atoms with E-state index in [9.17, 15) is 14.9 Å². The number of fused-ring (bicyclic) bond motifs is 1. The lowest BCUT2D eigenvalue weighted by Gasteiger charge is -2.32. The SMILES string of the molecule is C[C@@H]1CCCN(c2ccc(C(=O)NC[C@@H]3COc4ccccc4O3)cc2[N+](=O)[O-])C1. The van der Waals surface area contributed by atoms with E-state index in [0.29, 0.717) is 29.7 Å². The Morgan fingerprint density at radius 2 is 2.07 bits per heavy atom. The summed E-state index contributed by atoms with van der Waals surface area (Å²) in [5.74, 6) is 1.43. The second kappa shape index (κ2) is 8.61. The van der Waals surface area contributed by atoms with Crippen molar-refractivity contribution in [2.24, 2.45) is 5.92 Å². The van der Waals surface area contributed by atoms with Gasteiger partial charge in [0.1, 0.15) is 18.4 Å². The molecule has 0 saturated carbocycles. The van der Waals surface area contributed by atoms with Crippen molar-refractivity contribution in [3.63, 3.8) is 0 Å². The van der Waals surface area contributed by atoms with Crippen molar-refractivity contribution >= 4 is 17.3 Å². The number of nitro groups is 1. The maximum absolute atomic E-state index is 12.6. The minimum absolute atomic E-state index is 0.0390. The van der Waals surface area contributed by atoms with Crippen molar-refractivity contribution in [2.45, 2.75) is 25.9 Å². The number of hydrogen-bond donors (Lipinski definition) is 1. The molecular weight excluding hydrogens is 386 g/mol. The maximum Gasteiger partial charge on any atom is 0.293 e. The molecule has 0 radical (unpaired) electrons. The topological polar surface area (TPSA) is 93.9 Å². The van der Waals surface area contributed by atoms with Gasteiger partial charge >= 0.3 is 0 Å². The zero-order chi connectivity index (χ0) is 21.1. The molecule has 0 aliphatic carbocycles. The van der Waals surface area contributed by atoms with Gasteiger partial charge in [0.15, 0.2) is 11.5 Å². The molecule has 2 aliphatic heterocycles. The summed E-state index contributed by atoms with van der Waals surface area (Å²) in [5.41, 5.74) is 0.791. The van der Waals surface area contributed by atoms with Gasteiger partial charge in [0, 0.05) is 24.7 Å². The van der Waals surface area contributed by atoms with Crippen LogP contribution in [0.25, 0.3) is 0 Å². The fourth-order valence-corrected chi connectivity index (χ4v) is 3.96. The lowest BCUT2D eigenvalue weighted by atomic mass is 9.99. The van der Waals surface area contributed by atoms with E-state index in [1.807, 2.05) is 29.2 Å². The average molecular weight is 411 g/mol. The molecule has 0 aromatic heterocycles. The summed E-state index contributed by atoms with van der Waals surface area (Å²) < 4.78 is 11.5. The first-order chi connectivity index (χ1) is 14.5. The van der Waals surface area contributed by atoms with E-state index in [1.165, 1.54) is 6.07 Å². The summed E-state index contributed by atoms with van der Waals surface area (Å²) in [5, 5.41) is 14.4. The molecule has 0 spiro atoms. The Hall–Kier alpha value is -3.29. The fourth-order valence-electron chi connectivity index (χ4n) is 3.96. The smallest absolute Gasteiger partial charge is 0.293 e. The summed E-state index contributed by atoms with van der Waals surface area (Å²) in [6, 6.07) is 12.0. The zero-order valence-corrected chi connectivity index (χ0v) is 16.9. The van der Waals surface area contributed by atoms with Crippen LogP contribution in [-0.2, 0) is 0 Å². The van der Waals surface area contributed by atoms with Crippen LogP contribution in [0.5, 0.6) is 11.5 Å². The van der Waals surface area contributed by atoms with E-state index < -0.39 is 4.92 Å². The summed E-state index contributed by atoms with van der Waals surface area (Å²) in [6.45, 7) is 4.29. The number of nitro benzene ring substituents is 1. The number of rotatable bonds is 5. The van der Waals surface area contributed by atoms with Crippen molar-refractivity contribution in [1.82, 2.24) is 5.32 Å². The molecule has 4 rings (SSSR count). The molecule has 1 fully saturated rings. The molecule has 30 heavy (non-hydrogen) atoms. The van der Waals surface area contributed by atoms with Gasteiger partial charge in [-0.3, -0.25) is 14.9 Å². The Bertz CT molecular complexity index is 948. The second-order valence-electron chi connectivity index (χ2n) is 7.86. The third-order valence-corrected chi connectivity index (χ3v) is 5.49. The highest BCUT2D eigenvalue weighted by molar-refractivity contribution is 5.95. The molecule has 8 nitrogen and oxygen atoms in total. The number of nitrogens with one attached hydrogen (secondary N) is 1. The Morgan fingerprint density at radius 1 is 1.27 bits per heavy atom. The predicted molar refractivity (Wildman–Crippen MR) is 112 cm³/mol. The molecule has 8 heteroatoms. The van der Waals surface area contributed by atoms with Crippen molar-refractivity contribution in [1.29, 1.82) is 0 Å². The predicted octanol–water partition coefficient (Wildman–Crippen LogP) is 3.40. The van der Waals surface area contributed by atoms with E-state index in [4.69, 9.17) is 9.47 Å². The highest BCUT2D eigenvalue weighted by atomic mass is 16.6. The Balaban J connectivity index is 1.43. The lowest BCUT2D eigenvalue weighted by Crippen LogP contribution is -2.40. The minimum Gasteiger partial charge on any atom is -0.486 e. The molecule has 1 saturated heterocycles. The summed E-state index contributed by atoms with van der Waals surface area (Å²) in [4.78, 5) is 25.9. The third-order valence-electron chi connectivity index (χ3n) is 5.49. The first-order valence-corrected chi connectivity index (χ1v) is 10.2. The monoisotopic (exact) mass is 411 g/mol. The molecular formula is C22H25N3O5. The van der Waals surface area contributed by atoms with Gasteiger partial charge in [-0.1, -0.05) is 19.1 Å². The number of para-hydroxylation sites is 2. The van der Waals surface area contributed by atoms with Crippen molar-refractivity contribution < 1.29 is 19.2 Å². The van der Waals surface area contributed by atoms with Crippen LogP contribution in [0, 0.1) is 16.0 Å². The van der Waals surface area contributed by atoms with Crippen LogP contribution < -0.4 is 19.7 Å². The average Bonchev–Trinajstić information content (AvgIpc) is 2.77. The lowest BCUT2D eigenvalue weighted by molar-refractivity contribution is -0.384. The molecule has 2 aromatic carbocycles. The molecule has 2 aromatic rings. The van der Waals surface area contributed by atoms with E-state index in [-0.39, 0.29) is 29.8 Å². The molecule has 2 aliphatic rings. The van der Waals surface area contributed by atoms with Crippen LogP contribution in [0.3, 0.4) is 0 Å². The number of benzene rings is 2. The van der Waals surface area contributed by atoms with Crippen molar-refractivity contribution in [3.05, 3.63) is 58.1 Å². The van der Waals surface area contributed by atoms with E-state index in [0.717, 1.165) is 25.9 Å². The van der Waals surface area contributed by atoms with Crippen LogP contribution in [0.1, 0.15) is 30.1 Å². The van der Waals surface area contributed by atoms with Gasteiger partial charge < -0.3 is 19.7 Å². The normalized spacial score (nSPS) is 20.5. The van der Waals surface area contributed by atoms with Crippen LogP contribution >= 0.6 is 0 Å². The Labute approximate surface area is 174 Å². The minimum atomic E-state index is -0.416. The first-order valence-electron chi connectivity index (χ1n) is 10.2. The van der Waals surface area contributed by atoms with Crippen LogP contribution in [0.2, 0.25) is 0 Å². The van der Waals surface area contributed by atoms with Gasteiger partial charge in [0.25, 0.3) is 11.6 Å². The van der Waals surface area contributed by atoms with E-state index >= 15 is 0 Å². The van der Waals surface area contributed by atoms with Crippen molar-refractivity contribution in [2.75, 3.05) is 31.1 Å². The summed E-state index contributed by atoms with van der Waals surface area (Å²) >= 11 is 0. The number of carbonyl (C=O) groups is 1. The van der Waals surface area contributed by atoms with E-state index in [2.05, 4.69) is 12.2 Å². The standard InChI is InChI=1S/C22H25N3O5/c1-15-5-4-10-24(13-15)18-9-8-16(11-19(18)25(27)28)22(26)23-12-17-14-29-20-6-2-3-7-21(20)30-17/h2-3,6-9,11,15,17H,4-5,10,12-14H2,1H3,(H,23,26)/t15-,17-/m1/s1. The zero-order valence-electron chi connectivity index (χ0n) is 16.9. The molecule has 2 heterocycles. The molecule has 158 valence electrons. The molecule has 2 atom stereocenters. The van der Waals surface area contributed by atoms with E-state index in [1.54, 1.807) is 12.1 Å². The number of amides is 1. The second-order valence-corrected chi connectivity index (χ2v) is 7.86. The van der Waals surface area contributed by atoms with Crippen LogP contribution in [0.15, 0.2) is 42.5 Å². The van der Waals surface area contributed by atoms with Gasteiger partial charge in [-0.15, -0.1) is 0 Å². The van der Waals surface area contributed by atoms with Gasteiger partial charge in [-0.25, -0.2) is 0 Å². The molecule has 1 amide bonds. The van der Waals surface area contributed by atoms with Gasteiger partial charge in [0.2, 0.25) is 0 Å². The maximum atomic E-state index is 12.6. The first kappa shape index (κ1) is 20.0. The number of anilines is 1. The molecule has 1 N–H and O–H groups in total. The summed E-state index contributed by atoms with van der Waals surface area (Å²) in [7, 11) is 0. The van der Waals surface area contributed by atoms with Gasteiger partial charge in [-0.2, -0.15) is 0 Å². The highest BCUT2D eigenvalue weighted by Gasteiger charge is 2.26. The number of hydrogen-bond acceptors (Lipinski definition) is 6. The Kier molecular flexibility index (Phi) is 5.74. The third kappa shape index (κ3) is 4.32. The van der Waals surface area contributed by atoms with Crippen molar-refractivity contribution in [3.8, 4) is 11.5 Å². The largest absolute Gasteiger partial charge is 0.486 e. The molecule has 0 bridgehead atoms. The fraction of sp³-hybridized carbons (Fsp3) is 0.409. The Morgan fingerprint density at radius 3 is 2.83 bits per heavy atom. The number of carbonyl (C=O) groups excluding carboxylic acids is 1.